The zero-order valence-corrected chi connectivity index (χ0v) is 29.5. The normalized spacial score (nSPS) is 26.8. The van der Waals surface area contributed by atoms with Crippen LogP contribution >= 0.6 is 23.2 Å². The Kier molecular flexibility index (Phi) is 8.34. The number of benzene rings is 3. The molecule has 6 unspecified atom stereocenters. The van der Waals surface area contributed by atoms with Crippen LogP contribution in [0.2, 0.25) is 10.0 Å². The number of carbonyl (C=O) groups excluding carboxylic acids is 4. The number of amides is 4. The molecule has 14 heteroatoms. The van der Waals surface area contributed by atoms with E-state index >= 15 is 4.79 Å². The number of hydrogen-bond acceptors (Lipinski definition) is 7. The van der Waals surface area contributed by atoms with Gasteiger partial charge in [0.25, 0.3) is 11.8 Å². The standard InChI is InChI=1S/C39H31Cl2F3N4O5/c1-2-15-47-34(50)26-12-11-25-27(31(26)36(47)52)17-28-35(51)48(46-33-29(41)16-20(18-45-33)39(42,43)44)37(53)38(28,19-7-9-21(40)10-8-19)32(25)24-13-14-30(49)23-6-4-3-5-22(23)24/h3-11,13-14,16,18,26-28,31-32,49H,2,12,15,17H2,1H3,(H,45,46). The molecule has 9 nitrogen and oxygen atoms in total. The van der Waals surface area contributed by atoms with E-state index in [9.17, 15) is 32.7 Å². The summed E-state index contributed by atoms with van der Waals surface area (Å²) in [4.78, 5) is 63.1. The monoisotopic (exact) mass is 762 g/mol. The van der Waals surface area contributed by atoms with Gasteiger partial charge in [-0.2, -0.15) is 18.2 Å². The number of likely N-dealkylation sites (tertiary alicyclic amines) is 1. The first-order valence-electron chi connectivity index (χ1n) is 17.2. The second-order valence-electron chi connectivity index (χ2n) is 14.0. The molecule has 2 aliphatic heterocycles. The second-order valence-corrected chi connectivity index (χ2v) is 14.8. The van der Waals surface area contributed by atoms with Crippen LogP contribution in [0.1, 0.15) is 48.8 Å². The fourth-order valence-corrected chi connectivity index (χ4v) is 9.53. The molecule has 8 rings (SSSR count). The number of alkyl halides is 3. The summed E-state index contributed by atoms with van der Waals surface area (Å²) >= 11 is 12.6. The van der Waals surface area contributed by atoms with Gasteiger partial charge in [0, 0.05) is 29.1 Å². The lowest BCUT2D eigenvalue weighted by molar-refractivity contribution is -0.141. The third-order valence-electron chi connectivity index (χ3n) is 11.3. The predicted molar refractivity (Wildman–Crippen MR) is 189 cm³/mol. The maximum atomic E-state index is 15.4. The van der Waals surface area contributed by atoms with Gasteiger partial charge in [0.15, 0.2) is 5.82 Å². The first kappa shape index (κ1) is 35.1. The summed E-state index contributed by atoms with van der Waals surface area (Å²) in [5, 5.41) is 12.7. The average molecular weight is 764 g/mol. The summed E-state index contributed by atoms with van der Waals surface area (Å²) in [5.41, 5.74) is 1.58. The van der Waals surface area contributed by atoms with Crippen molar-refractivity contribution in [3.63, 3.8) is 0 Å². The van der Waals surface area contributed by atoms with Gasteiger partial charge in [-0.1, -0.05) is 84.2 Å². The highest BCUT2D eigenvalue weighted by Gasteiger charge is 2.70. The zero-order chi connectivity index (χ0) is 37.6. The number of rotatable bonds is 6. The van der Waals surface area contributed by atoms with Crippen molar-refractivity contribution in [3.8, 4) is 5.75 Å². The van der Waals surface area contributed by atoms with E-state index < -0.39 is 63.6 Å². The number of halogens is 5. The Hall–Kier alpha value is -4.94. The highest BCUT2D eigenvalue weighted by molar-refractivity contribution is 6.33. The van der Waals surface area contributed by atoms with E-state index in [4.69, 9.17) is 23.2 Å². The minimum Gasteiger partial charge on any atom is -0.507 e. The van der Waals surface area contributed by atoms with Crippen LogP contribution in [0.5, 0.6) is 5.75 Å². The molecule has 0 radical (unpaired) electrons. The Balaban J connectivity index is 1.37. The lowest BCUT2D eigenvalue weighted by Crippen LogP contribution is -2.53. The van der Waals surface area contributed by atoms with Crippen LogP contribution in [0.4, 0.5) is 19.0 Å². The molecule has 6 atom stereocenters. The highest BCUT2D eigenvalue weighted by atomic mass is 35.5. The maximum absolute atomic E-state index is 15.4. The van der Waals surface area contributed by atoms with Gasteiger partial charge in [-0.05, 0) is 66.0 Å². The van der Waals surface area contributed by atoms with Gasteiger partial charge >= 0.3 is 6.18 Å². The van der Waals surface area contributed by atoms with Crippen molar-refractivity contribution in [2.24, 2.45) is 23.7 Å². The predicted octanol–water partition coefficient (Wildman–Crippen LogP) is 7.66. The average Bonchev–Trinajstić information content (AvgIpc) is 3.50. The molecule has 3 heterocycles. The van der Waals surface area contributed by atoms with Crippen molar-refractivity contribution < 1.29 is 37.5 Å². The van der Waals surface area contributed by atoms with E-state index in [-0.39, 0.29) is 42.8 Å². The second kappa shape index (κ2) is 12.6. The number of aromatic hydroxyl groups is 1. The number of hydrazine groups is 1. The number of anilines is 1. The molecule has 3 fully saturated rings. The van der Waals surface area contributed by atoms with E-state index in [1.165, 1.54) is 11.0 Å². The van der Waals surface area contributed by atoms with Crippen LogP contribution in [0.3, 0.4) is 0 Å². The van der Waals surface area contributed by atoms with Crippen LogP contribution in [0.15, 0.2) is 84.6 Å². The number of nitrogens with one attached hydrogen (secondary N) is 1. The third-order valence-corrected chi connectivity index (χ3v) is 11.9. The smallest absolute Gasteiger partial charge is 0.417 e. The number of imide groups is 2. The van der Waals surface area contributed by atoms with E-state index in [1.807, 2.05) is 13.0 Å². The van der Waals surface area contributed by atoms with Gasteiger partial charge < -0.3 is 5.11 Å². The van der Waals surface area contributed by atoms with E-state index in [0.717, 1.165) is 5.01 Å². The van der Waals surface area contributed by atoms with Crippen molar-refractivity contribution in [1.29, 1.82) is 0 Å². The van der Waals surface area contributed by atoms with Crippen LogP contribution in [0, 0.1) is 23.7 Å². The summed E-state index contributed by atoms with van der Waals surface area (Å²) in [5.74, 6) is -6.47. The van der Waals surface area contributed by atoms with Gasteiger partial charge in [-0.3, -0.25) is 29.5 Å². The Morgan fingerprint density at radius 2 is 1.66 bits per heavy atom. The molecule has 4 aliphatic rings. The fraction of sp³-hybridized carbons (Fsp3) is 0.308. The van der Waals surface area contributed by atoms with Crippen molar-refractivity contribution in [2.75, 3.05) is 12.0 Å². The number of allylic oxidation sites excluding steroid dienone is 2. The van der Waals surface area contributed by atoms with Crippen molar-refractivity contribution in [1.82, 2.24) is 14.9 Å². The lowest BCUT2D eigenvalue weighted by Gasteiger charge is -2.51. The van der Waals surface area contributed by atoms with Gasteiger partial charge in [0.1, 0.15) is 5.75 Å². The molecular formula is C39H31Cl2F3N4O5. The van der Waals surface area contributed by atoms with Crippen LogP contribution in [-0.4, -0.2) is 50.2 Å². The minimum absolute atomic E-state index is 0.00148. The van der Waals surface area contributed by atoms with Gasteiger partial charge in [0.2, 0.25) is 11.8 Å². The molecule has 4 amide bonds. The highest BCUT2D eigenvalue weighted by Crippen LogP contribution is 2.65. The minimum atomic E-state index is -4.74. The van der Waals surface area contributed by atoms with E-state index in [0.29, 0.717) is 51.2 Å². The third kappa shape index (κ3) is 5.16. The van der Waals surface area contributed by atoms with Crippen LogP contribution in [0.25, 0.3) is 10.8 Å². The summed E-state index contributed by atoms with van der Waals surface area (Å²) < 4.78 is 40.4. The summed E-state index contributed by atoms with van der Waals surface area (Å²) in [7, 11) is 0. The Morgan fingerprint density at radius 3 is 2.34 bits per heavy atom. The summed E-state index contributed by atoms with van der Waals surface area (Å²) in [6.45, 7) is 2.13. The number of phenolic OH excluding ortho intramolecular Hbond substituents is 1. The number of carbonyl (C=O) groups is 4. The summed E-state index contributed by atoms with van der Waals surface area (Å²) in [6.07, 6.45) is -1.44. The van der Waals surface area contributed by atoms with Crippen molar-refractivity contribution in [2.45, 2.75) is 43.7 Å². The van der Waals surface area contributed by atoms with Crippen LogP contribution in [-0.2, 0) is 30.8 Å². The maximum Gasteiger partial charge on any atom is 0.417 e. The quantitative estimate of drug-likeness (QED) is 0.153. The topological polar surface area (TPSA) is 120 Å². The molecule has 2 saturated heterocycles. The summed E-state index contributed by atoms with van der Waals surface area (Å²) in [6, 6.07) is 17.5. The van der Waals surface area contributed by atoms with E-state index in [1.54, 1.807) is 54.6 Å². The molecule has 0 spiro atoms. The molecule has 53 heavy (non-hydrogen) atoms. The molecule has 272 valence electrons. The largest absolute Gasteiger partial charge is 0.507 e. The fourth-order valence-electron chi connectivity index (χ4n) is 9.19. The van der Waals surface area contributed by atoms with Gasteiger partial charge in [-0.15, -0.1) is 0 Å². The molecule has 0 bridgehead atoms. The SMILES string of the molecule is CCCN1C(=O)C2CC=C3C(CC4C(=O)N(Nc5ncc(C(F)(F)F)cc5Cl)C(=O)C4(c4ccc(Cl)cc4)C3c3ccc(O)c4ccccc34)C2C1=O. The van der Waals surface area contributed by atoms with Crippen molar-refractivity contribution >= 4 is 63.4 Å². The Morgan fingerprint density at radius 1 is 0.943 bits per heavy atom. The Bertz CT molecular complexity index is 2260. The van der Waals surface area contributed by atoms with Gasteiger partial charge in [-0.25, -0.2) is 4.98 Å². The number of phenols is 1. The number of fused-ring (bicyclic) bond motifs is 5. The molecule has 2 aliphatic carbocycles. The Labute approximate surface area is 311 Å². The number of pyridine rings is 1. The number of aromatic nitrogens is 1. The number of nitrogens with zero attached hydrogens (tertiary/aromatic N) is 3. The van der Waals surface area contributed by atoms with Gasteiger partial charge in [0.05, 0.1) is 33.8 Å². The first-order chi connectivity index (χ1) is 25.3. The lowest BCUT2D eigenvalue weighted by atomic mass is 9.49. The zero-order valence-electron chi connectivity index (χ0n) is 28.0. The van der Waals surface area contributed by atoms with Crippen molar-refractivity contribution in [3.05, 3.63) is 111 Å². The molecule has 2 N–H and O–H groups in total. The molecule has 1 aromatic heterocycles. The molecular weight excluding hydrogens is 732 g/mol. The first-order valence-corrected chi connectivity index (χ1v) is 17.9. The number of hydrogen-bond donors (Lipinski definition) is 2. The van der Waals surface area contributed by atoms with Crippen LogP contribution < -0.4 is 5.43 Å². The molecule has 1 saturated carbocycles. The van der Waals surface area contributed by atoms with E-state index in [2.05, 4.69) is 10.4 Å². The molecule has 3 aromatic carbocycles. The molecule has 4 aromatic rings.